The Bertz CT molecular complexity index is 953. The van der Waals surface area contributed by atoms with E-state index in [0.717, 1.165) is 10.1 Å². The van der Waals surface area contributed by atoms with Crippen LogP contribution >= 0.6 is 22.9 Å². The Kier molecular flexibility index (Phi) is 3.70. The molecular formula is C17H12ClNO4S. The van der Waals surface area contributed by atoms with Crippen molar-refractivity contribution >= 4 is 44.6 Å². The lowest BCUT2D eigenvalue weighted by molar-refractivity contribution is 0.102. The molecule has 122 valence electrons. The number of anilines is 1. The zero-order chi connectivity index (χ0) is 16.7. The van der Waals surface area contributed by atoms with Crippen LogP contribution in [-0.4, -0.2) is 19.8 Å². The fourth-order valence-electron chi connectivity index (χ4n) is 2.56. The lowest BCUT2D eigenvalue weighted by Crippen LogP contribution is -2.11. The number of benzene rings is 2. The summed E-state index contributed by atoms with van der Waals surface area (Å²) < 4.78 is 17.0. The van der Waals surface area contributed by atoms with E-state index in [1.165, 1.54) is 11.3 Å². The Hall–Kier alpha value is -2.44. The van der Waals surface area contributed by atoms with Crippen LogP contribution in [0.4, 0.5) is 5.69 Å². The second-order valence-corrected chi connectivity index (χ2v) is 6.62. The van der Waals surface area contributed by atoms with Crippen molar-refractivity contribution in [3.8, 4) is 17.2 Å². The van der Waals surface area contributed by atoms with E-state index in [0.29, 0.717) is 32.8 Å². The first kappa shape index (κ1) is 15.1. The van der Waals surface area contributed by atoms with Crippen molar-refractivity contribution in [2.75, 3.05) is 19.2 Å². The SMILES string of the molecule is COc1c(C(=O)Nc2ccc3c(c2)OCO3)sc2ccc(Cl)cc12. The van der Waals surface area contributed by atoms with Crippen LogP contribution < -0.4 is 19.5 Å². The van der Waals surface area contributed by atoms with Gasteiger partial charge in [0.2, 0.25) is 6.79 Å². The van der Waals surface area contributed by atoms with E-state index in [9.17, 15) is 4.79 Å². The smallest absolute Gasteiger partial charge is 0.269 e. The number of hydrogen-bond acceptors (Lipinski definition) is 5. The number of hydrogen-bond donors (Lipinski definition) is 1. The molecule has 0 fully saturated rings. The minimum atomic E-state index is -0.247. The Balaban J connectivity index is 1.68. The van der Waals surface area contributed by atoms with Crippen LogP contribution in [-0.2, 0) is 0 Å². The van der Waals surface area contributed by atoms with E-state index in [1.807, 2.05) is 6.07 Å². The van der Waals surface area contributed by atoms with Gasteiger partial charge in [-0.1, -0.05) is 11.6 Å². The van der Waals surface area contributed by atoms with Crippen molar-refractivity contribution in [1.29, 1.82) is 0 Å². The molecule has 0 aliphatic carbocycles. The van der Waals surface area contributed by atoms with Crippen molar-refractivity contribution in [3.63, 3.8) is 0 Å². The number of carbonyl (C=O) groups excluding carboxylic acids is 1. The Morgan fingerprint density at radius 2 is 2.04 bits per heavy atom. The van der Waals surface area contributed by atoms with Crippen molar-refractivity contribution in [3.05, 3.63) is 46.3 Å². The molecular weight excluding hydrogens is 350 g/mol. The van der Waals surface area contributed by atoms with E-state index in [1.54, 1.807) is 37.4 Å². The summed E-state index contributed by atoms with van der Waals surface area (Å²) in [5, 5.41) is 4.28. The van der Waals surface area contributed by atoms with Crippen LogP contribution in [0.2, 0.25) is 5.02 Å². The van der Waals surface area contributed by atoms with Gasteiger partial charge in [-0.25, -0.2) is 0 Å². The number of carbonyl (C=O) groups is 1. The third-order valence-electron chi connectivity index (χ3n) is 3.65. The van der Waals surface area contributed by atoms with E-state index >= 15 is 0 Å². The Morgan fingerprint density at radius 1 is 1.21 bits per heavy atom. The largest absolute Gasteiger partial charge is 0.494 e. The molecule has 0 saturated heterocycles. The number of thiophene rings is 1. The number of methoxy groups -OCH3 is 1. The molecule has 7 heteroatoms. The molecule has 3 aromatic rings. The maximum Gasteiger partial charge on any atom is 0.269 e. The van der Waals surface area contributed by atoms with Crippen LogP contribution in [0.15, 0.2) is 36.4 Å². The first-order valence-corrected chi connectivity index (χ1v) is 8.32. The van der Waals surface area contributed by atoms with Gasteiger partial charge >= 0.3 is 0 Å². The van der Waals surface area contributed by atoms with E-state index < -0.39 is 0 Å². The fourth-order valence-corrected chi connectivity index (χ4v) is 3.78. The van der Waals surface area contributed by atoms with Gasteiger partial charge in [-0.15, -0.1) is 11.3 Å². The van der Waals surface area contributed by atoms with Crippen LogP contribution in [0.1, 0.15) is 9.67 Å². The van der Waals surface area contributed by atoms with Gasteiger partial charge in [0.25, 0.3) is 5.91 Å². The predicted molar refractivity (Wildman–Crippen MR) is 93.9 cm³/mol. The monoisotopic (exact) mass is 361 g/mol. The number of ether oxygens (including phenoxy) is 3. The third-order valence-corrected chi connectivity index (χ3v) is 5.03. The lowest BCUT2D eigenvalue weighted by Gasteiger charge is -2.06. The van der Waals surface area contributed by atoms with E-state index in [4.69, 9.17) is 25.8 Å². The summed E-state index contributed by atoms with van der Waals surface area (Å²) in [7, 11) is 1.54. The zero-order valence-electron chi connectivity index (χ0n) is 12.6. The van der Waals surface area contributed by atoms with Crippen molar-refractivity contribution in [1.82, 2.24) is 0 Å². The van der Waals surface area contributed by atoms with Crippen LogP contribution in [0.3, 0.4) is 0 Å². The van der Waals surface area contributed by atoms with Crippen LogP contribution in [0, 0.1) is 0 Å². The second-order valence-electron chi connectivity index (χ2n) is 5.13. The first-order chi connectivity index (χ1) is 11.7. The molecule has 0 saturated carbocycles. The summed E-state index contributed by atoms with van der Waals surface area (Å²) in [4.78, 5) is 13.2. The quantitative estimate of drug-likeness (QED) is 0.743. The molecule has 0 radical (unpaired) electrons. The average Bonchev–Trinajstić information content (AvgIpc) is 3.17. The normalized spacial score (nSPS) is 12.4. The van der Waals surface area contributed by atoms with Gasteiger partial charge < -0.3 is 19.5 Å². The van der Waals surface area contributed by atoms with Gasteiger partial charge in [0.1, 0.15) is 10.6 Å². The molecule has 1 N–H and O–H groups in total. The molecule has 24 heavy (non-hydrogen) atoms. The average molecular weight is 362 g/mol. The van der Waals surface area contributed by atoms with Crippen LogP contribution in [0.25, 0.3) is 10.1 Å². The Labute approximate surface area is 146 Å². The van der Waals surface area contributed by atoms with E-state index in [2.05, 4.69) is 5.32 Å². The van der Waals surface area contributed by atoms with Gasteiger partial charge in [-0.2, -0.15) is 0 Å². The molecule has 1 aliphatic heterocycles. The first-order valence-electron chi connectivity index (χ1n) is 7.13. The maximum absolute atomic E-state index is 12.7. The molecule has 0 spiro atoms. The third kappa shape index (κ3) is 2.53. The van der Waals surface area contributed by atoms with E-state index in [-0.39, 0.29) is 12.7 Å². The summed E-state index contributed by atoms with van der Waals surface area (Å²) >= 11 is 7.40. The standard InChI is InChI=1S/C17H12ClNO4S/c1-21-15-11-6-9(18)2-5-14(11)24-16(15)17(20)19-10-3-4-12-13(7-10)23-8-22-12/h2-7H,8H2,1H3,(H,19,20). The minimum Gasteiger partial charge on any atom is -0.494 e. The minimum absolute atomic E-state index is 0.192. The highest BCUT2D eigenvalue weighted by Gasteiger charge is 2.21. The molecule has 1 aromatic heterocycles. The molecule has 0 bridgehead atoms. The van der Waals surface area contributed by atoms with Crippen LogP contribution in [0.5, 0.6) is 17.2 Å². The fraction of sp³-hybridized carbons (Fsp3) is 0.118. The summed E-state index contributed by atoms with van der Waals surface area (Å²) in [6.45, 7) is 0.192. The summed E-state index contributed by atoms with van der Waals surface area (Å²) in [6, 6.07) is 10.7. The highest BCUT2D eigenvalue weighted by molar-refractivity contribution is 7.21. The van der Waals surface area contributed by atoms with Crippen molar-refractivity contribution in [2.45, 2.75) is 0 Å². The van der Waals surface area contributed by atoms with Gasteiger partial charge in [0.05, 0.1) is 7.11 Å². The molecule has 2 heterocycles. The highest BCUT2D eigenvalue weighted by Crippen LogP contribution is 2.40. The summed E-state index contributed by atoms with van der Waals surface area (Å²) in [6.07, 6.45) is 0. The van der Waals surface area contributed by atoms with Gasteiger partial charge in [0.15, 0.2) is 11.5 Å². The van der Waals surface area contributed by atoms with Gasteiger partial charge in [-0.3, -0.25) is 4.79 Å². The number of fused-ring (bicyclic) bond motifs is 2. The summed E-state index contributed by atoms with van der Waals surface area (Å²) in [5.41, 5.74) is 0.627. The topological polar surface area (TPSA) is 56.8 Å². The zero-order valence-corrected chi connectivity index (χ0v) is 14.2. The summed E-state index contributed by atoms with van der Waals surface area (Å²) in [5.74, 6) is 1.56. The number of halogens is 1. The molecule has 0 unspecified atom stereocenters. The molecule has 1 amide bonds. The number of nitrogens with one attached hydrogen (secondary N) is 1. The van der Waals surface area contributed by atoms with Gasteiger partial charge in [0, 0.05) is 26.9 Å². The van der Waals surface area contributed by atoms with Crippen molar-refractivity contribution in [2.24, 2.45) is 0 Å². The van der Waals surface area contributed by atoms with Crippen molar-refractivity contribution < 1.29 is 19.0 Å². The second kappa shape index (κ2) is 5.89. The number of amides is 1. The molecule has 0 atom stereocenters. The maximum atomic E-state index is 12.7. The molecule has 4 rings (SSSR count). The number of rotatable bonds is 3. The molecule has 5 nitrogen and oxygen atoms in total. The Morgan fingerprint density at radius 3 is 2.88 bits per heavy atom. The molecule has 2 aromatic carbocycles. The predicted octanol–water partition coefficient (Wildman–Crippen LogP) is 4.54. The van der Waals surface area contributed by atoms with Gasteiger partial charge in [-0.05, 0) is 30.3 Å². The highest BCUT2D eigenvalue weighted by atomic mass is 35.5. The lowest BCUT2D eigenvalue weighted by atomic mass is 10.2. The molecule has 1 aliphatic rings.